The topological polar surface area (TPSA) is 37.4 Å². The van der Waals surface area contributed by atoms with Gasteiger partial charge in [-0.1, -0.05) is 6.92 Å². The van der Waals surface area contributed by atoms with Crippen molar-refractivity contribution in [2.75, 3.05) is 11.4 Å². The maximum absolute atomic E-state index is 11.6. The lowest BCUT2D eigenvalue weighted by atomic mass is 10.1. The fourth-order valence-corrected chi connectivity index (χ4v) is 2.21. The molecule has 0 fully saturated rings. The monoisotopic (exact) mass is 315 g/mol. The van der Waals surface area contributed by atoms with Crippen molar-refractivity contribution in [2.45, 2.75) is 13.3 Å². The highest BCUT2D eigenvalue weighted by Gasteiger charge is 2.34. The van der Waals surface area contributed by atoms with Crippen molar-refractivity contribution >= 4 is 40.0 Å². The second-order valence-corrected chi connectivity index (χ2v) is 4.69. The van der Waals surface area contributed by atoms with E-state index in [2.05, 4.69) is 22.6 Å². The Bertz CT molecular complexity index is 442. The van der Waals surface area contributed by atoms with Gasteiger partial charge < -0.3 is 4.90 Å². The van der Waals surface area contributed by atoms with Crippen LogP contribution in [-0.4, -0.2) is 18.2 Å². The number of benzene rings is 1. The molecule has 2 rings (SSSR count). The van der Waals surface area contributed by atoms with E-state index in [-0.39, 0.29) is 5.78 Å². The first kappa shape index (κ1) is 10.6. The molecule has 0 aliphatic carbocycles. The third-order valence-electron chi connectivity index (χ3n) is 2.38. The van der Waals surface area contributed by atoms with Gasteiger partial charge in [-0.3, -0.25) is 9.59 Å². The normalized spacial score (nSPS) is 14.7. The Balaban J connectivity index is 2.50. The summed E-state index contributed by atoms with van der Waals surface area (Å²) in [5.41, 5.74) is 1.30. The fourth-order valence-electron chi connectivity index (χ4n) is 1.72. The summed E-state index contributed by atoms with van der Waals surface area (Å²) < 4.78 is 0.978. The molecule has 1 amide bonds. The van der Waals surface area contributed by atoms with Crippen LogP contribution in [0.2, 0.25) is 0 Å². The molecule has 0 aromatic heterocycles. The minimum absolute atomic E-state index is 0.378. The summed E-state index contributed by atoms with van der Waals surface area (Å²) in [6.45, 7) is 2.60. The summed E-state index contributed by atoms with van der Waals surface area (Å²) in [7, 11) is 0. The Hall–Kier alpha value is -0.910. The van der Waals surface area contributed by atoms with E-state index in [0.717, 1.165) is 15.7 Å². The predicted octanol–water partition coefficient (Wildman–Crippen LogP) is 2.23. The Morgan fingerprint density at radius 2 is 2.07 bits per heavy atom. The van der Waals surface area contributed by atoms with Crippen molar-refractivity contribution in [1.82, 2.24) is 0 Å². The SMILES string of the molecule is CCCN1C(=O)C(=O)c2cc(I)ccc21. The molecule has 0 radical (unpaired) electrons. The quantitative estimate of drug-likeness (QED) is 0.620. The Labute approximate surface area is 102 Å². The summed E-state index contributed by atoms with van der Waals surface area (Å²) in [6.07, 6.45) is 0.852. The lowest BCUT2D eigenvalue weighted by molar-refractivity contribution is -0.114. The molecular weight excluding hydrogens is 305 g/mol. The van der Waals surface area contributed by atoms with Crippen molar-refractivity contribution in [2.24, 2.45) is 0 Å². The summed E-state index contributed by atoms with van der Waals surface area (Å²) in [5, 5.41) is 0. The lowest BCUT2D eigenvalue weighted by Crippen LogP contribution is -2.30. The van der Waals surface area contributed by atoms with Crippen molar-refractivity contribution in [3.8, 4) is 0 Å². The van der Waals surface area contributed by atoms with Crippen molar-refractivity contribution < 1.29 is 9.59 Å². The number of anilines is 1. The number of fused-ring (bicyclic) bond motifs is 1. The van der Waals surface area contributed by atoms with Crippen LogP contribution in [0.3, 0.4) is 0 Å². The Kier molecular flexibility index (Phi) is 2.77. The number of amides is 1. The van der Waals surface area contributed by atoms with Gasteiger partial charge in [0.05, 0.1) is 11.3 Å². The minimum atomic E-state index is -0.395. The van der Waals surface area contributed by atoms with Crippen LogP contribution in [0, 0.1) is 3.57 Å². The molecule has 1 heterocycles. The number of halogens is 1. The molecule has 0 saturated heterocycles. The van der Waals surface area contributed by atoms with Crippen molar-refractivity contribution in [3.63, 3.8) is 0 Å². The number of rotatable bonds is 2. The van der Waals surface area contributed by atoms with Gasteiger partial charge in [-0.05, 0) is 47.2 Å². The summed E-state index contributed by atoms with van der Waals surface area (Å²) in [5.74, 6) is -0.772. The molecule has 0 atom stereocenters. The molecular formula is C11H10INO2. The van der Waals surface area contributed by atoms with Crippen LogP contribution < -0.4 is 4.90 Å². The van der Waals surface area contributed by atoms with Gasteiger partial charge in [-0.25, -0.2) is 0 Å². The zero-order valence-electron chi connectivity index (χ0n) is 8.29. The molecule has 0 bridgehead atoms. The van der Waals surface area contributed by atoms with Gasteiger partial charge in [-0.2, -0.15) is 0 Å². The van der Waals surface area contributed by atoms with Gasteiger partial charge in [0, 0.05) is 10.1 Å². The summed E-state index contributed by atoms with van der Waals surface area (Å²) >= 11 is 2.14. The zero-order valence-corrected chi connectivity index (χ0v) is 10.4. The van der Waals surface area contributed by atoms with E-state index in [1.54, 1.807) is 11.0 Å². The first-order chi connectivity index (χ1) is 7.15. The molecule has 3 nitrogen and oxygen atoms in total. The van der Waals surface area contributed by atoms with E-state index in [1.807, 2.05) is 19.1 Å². The maximum atomic E-state index is 11.6. The summed E-state index contributed by atoms with van der Waals surface area (Å²) in [6, 6.07) is 5.52. The van der Waals surface area contributed by atoms with E-state index >= 15 is 0 Å². The number of hydrogen-bond donors (Lipinski definition) is 0. The van der Waals surface area contributed by atoms with Crippen molar-refractivity contribution in [3.05, 3.63) is 27.3 Å². The highest BCUT2D eigenvalue weighted by Crippen LogP contribution is 2.30. The van der Waals surface area contributed by atoms with Gasteiger partial charge in [0.2, 0.25) is 0 Å². The molecule has 1 aliphatic rings. The van der Waals surface area contributed by atoms with Gasteiger partial charge >= 0.3 is 0 Å². The molecule has 1 aromatic carbocycles. The average Bonchev–Trinajstić information content (AvgIpc) is 2.44. The van der Waals surface area contributed by atoms with E-state index in [4.69, 9.17) is 0 Å². The van der Waals surface area contributed by atoms with Crippen LogP contribution in [0.1, 0.15) is 23.7 Å². The highest BCUT2D eigenvalue weighted by molar-refractivity contribution is 14.1. The number of carbonyl (C=O) groups is 2. The molecule has 15 heavy (non-hydrogen) atoms. The second kappa shape index (κ2) is 3.92. The van der Waals surface area contributed by atoms with E-state index in [0.29, 0.717) is 12.1 Å². The maximum Gasteiger partial charge on any atom is 0.299 e. The standard InChI is InChI=1S/C11H10INO2/c1-2-5-13-9-4-3-7(12)6-8(9)10(14)11(13)15/h3-4,6H,2,5H2,1H3. The number of hydrogen-bond acceptors (Lipinski definition) is 2. The van der Waals surface area contributed by atoms with E-state index in [1.165, 1.54) is 0 Å². The van der Waals surface area contributed by atoms with Gasteiger partial charge in [0.1, 0.15) is 0 Å². The van der Waals surface area contributed by atoms with Crippen LogP contribution in [-0.2, 0) is 4.79 Å². The first-order valence-electron chi connectivity index (χ1n) is 4.81. The molecule has 1 aromatic rings. The summed E-state index contributed by atoms with van der Waals surface area (Å²) in [4.78, 5) is 24.8. The number of ketones is 1. The van der Waals surface area contributed by atoms with Gasteiger partial charge in [0.25, 0.3) is 11.7 Å². The molecule has 0 saturated carbocycles. The van der Waals surface area contributed by atoms with Crippen LogP contribution in [0.15, 0.2) is 18.2 Å². The smallest absolute Gasteiger partial charge is 0.299 e. The van der Waals surface area contributed by atoms with Gasteiger partial charge in [0.15, 0.2) is 0 Å². The van der Waals surface area contributed by atoms with E-state index < -0.39 is 5.91 Å². The van der Waals surface area contributed by atoms with Gasteiger partial charge in [-0.15, -0.1) is 0 Å². The number of carbonyl (C=O) groups excluding carboxylic acids is 2. The third-order valence-corrected chi connectivity index (χ3v) is 3.05. The molecule has 0 spiro atoms. The van der Waals surface area contributed by atoms with E-state index in [9.17, 15) is 9.59 Å². The van der Waals surface area contributed by atoms with Crippen molar-refractivity contribution in [1.29, 1.82) is 0 Å². The minimum Gasteiger partial charge on any atom is -0.305 e. The highest BCUT2D eigenvalue weighted by atomic mass is 127. The largest absolute Gasteiger partial charge is 0.305 e. The second-order valence-electron chi connectivity index (χ2n) is 3.45. The molecule has 1 aliphatic heterocycles. The fraction of sp³-hybridized carbons (Fsp3) is 0.273. The first-order valence-corrected chi connectivity index (χ1v) is 5.88. The molecule has 78 valence electrons. The number of nitrogens with zero attached hydrogens (tertiary/aromatic N) is 1. The Morgan fingerprint density at radius 3 is 2.73 bits per heavy atom. The van der Waals surface area contributed by atoms with Crippen LogP contribution in [0.25, 0.3) is 0 Å². The average molecular weight is 315 g/mol. The Morgan fingerprint density at radius 1 is 1.33 bits per heavy atom. The third kappa shape index (κ3) is 1.67. The molecule has 0 N–H and O–H groups in total. The van der Waals surface area contributed by atoms with Crippen LogP contribution in [0.4, 0.5) is 5.69 Å². The van der Waals surface area contributed by atoms with Crippen LogP contribution >= 0.6 is 22.6 Å². The zero-order chi connectivity index (χ0) is 11.0. The lowest BCUT2D eigenvalue weighted by Gasteiger charge is -2.14. The van der Waals surface area contributed by atoms with Crippen LogP contribution in [0.5, 0.6) is 0 Å². The predicted molar refractivity (Wildman–Crippen MR) is 66.1 cm³/mol. The molecule has 0 unspecified atom stereocenters. The number of Topliss-reactive ketones (excluding diaryl/α,β-unsaturated/α-hetero) is 1. The molecule has 4 heteroatoms.